The van der Waals surface area contributed by atoms with Crippen molar-refractivity contribution in [3.8, 4) is 23.3 Å². The number of nitriles is 1. The average Bonchev–Trinajstić information content (AvgIpc) is 3.20. The van der Waals surface area contributed by atoms with Crippen molar-refractivity contribution >= 4 is 17.6 Å². The van der Waals surface area contributed by atoms with Crippen molar-refractivity contribution in [2.75, 3.05) is 27.4 Å². The number of ketones is 1. The molecule has 1 aliphatic rings. The Kier molecular flexibility index (Phi) is 9.74. The van der Waals surface area contributed by atoms with Gasteiger partial charge in [-0.3, -0.25) is 15.0 Å². The zero-order valence-corrected chi connectivity index (χ0v) is 23.6. The Morgan fingerprint density at radius 3 is 2.48 bits per heavy atom. The molecule has 0 unspecified atom stereocenters. The smallest absolute Gasteiger partial charge is 0.303 e. The minimum absolute atomic E-state index is 0.0586. The van der Waals surface area contributed by atoms with Crippen molar-refractivity contribution in [3.05, 3.63) is 51.8 Å². The number of carboxylic acids is 1. The number of nitrogens with one attached hydrogen (secondary N) is 1. The highest BCUT2D eigenvalue weighted by atomic mass is 19.1. The maximum atomic E-state index is 15.2. The third-order valence-electron chi connectivity index (χ3n) is 6.78. The summed E-state index contributed by atoms with van der Waals surface area (Å²) in [5.74, 6) is -1.18. The molecule has 0 atom stereocenters. The van der Waals surface area contributed by atoms with Gasteiger partial charge in [0.15, 0.2) is 23.1 Å². The summed E-state index contributed by atoms with van der Waals surface area (Å²) in [6, 6.07) is 7.27. The van der Waals surface area contributed by atoms with Gasteiger partial charge in [-0.25, -0.2) is 4.39 Å². The number of amidine groups is 1. The summed E-state index contributed by atoms with van der Waals surface area (Å²) in [5, 5.41) is 26.7. The van der Waals surface area contributed by atoms with Crippen LogP contribution in [0.25, 0.3) is 0 Å². The molecule has 10 heteroatoms. The summed E-state index contributed by atoms with van der Waals surface area (Å²) in [7, 11) is 2.73. The second kappa shape index (κ2) is 12.8. The van der Waals surface area contributed by atoms with E-state index in [1.54, 1.807) is 18.2 Å². The number of carbonyl (C=O) groups is 2. The average molecular weight is 554 g/mol. The van der Waals surface area contributed by atoms with Gasteiger partial charge in [0.05, 0.1) is 39.0 Å². The van der Waals surface area contributed by atoms with Crippen molar-refractivity contribution in [2.24, 2.45) is 0 Å². The number of benzene rings is 2. The minimum Gasteiger partial charge on any atom is -0.493 e. The Labute approximate surface area is 234 Å². The molecule has 0 spiro atoms. The number of nitrogens with zero attached hydrogens (tertiary/aromatic N) is 2. The fourth-order valence-corrected chi connectivity index (χ4v) is 4.73. The molecule has 0 aromatic heterocycles. The fourth-order valence-electron chi connectivity index (χ4n) is 4.73. The van der Waals surface area contributed by atoms with Crippen LogP contribution in [-0.4, -0.2) is 55.0 Å². The summed E-state index contributed by atoms with van der Waals surface area (Å²) in [4.78, 5) is 25.9. The molecule has 0 saturated heterocycles. The summed E-state index contributed by atoms with van der Waals surface area (Å²) >= 11 is 0. The summed E-state index contributed by atoms with van der Waals surface area (Å²) in [6.07, 6.45) is 1.69. The SMILES string of the molecule is COc1cc2c(c(F)c1OC)C(=N)N(CC(=O)c1cc(CCC#N)c(OCCCCC(=O)O)c(C(C)(C)C)c1)C2. The molecule has 2 aromatic rings. The van der Waals surface area contributed by atoms with E-state index in [1.807, 2.05) is 20.8 Å². The van der Waals surface area contributed by atoms with E-state index >= 15 is 4.39 Å². The second-order valence-corrected chi connectivity index (χ2v) is 10.7. The van der Waals surface area contributed by atoms with Crippen LogP contribution in [0.3, 0.4) is 0 Å². The normalized spacial score (nSPS) is 12.6. The molecule has 214 valence electrons. The fraction of sp³-hybridized carbons (Fsp3) is 0.467. The van der Waals surface area contributed by atoms with Gasteiger partial charge in [-0.1, -0.05) is 20.8 Å². The van der Waals surface area contributed by atoms with Gasteiger partial charge in [-0.15, -0.1) is 0 Å². The number of methoxy groups -OCH3 is 2. The van der Waals surface area contributed by atoms with Crippen molar-refractivity contribution < 1.29 is 33.3 Å². The van der Waals surface area contributed by atoms with Gasteiger partial charge in [0, 0.05) is 30.5 Å². The molecule has 3 rings (SSSR count). The Morgan fingerprint density at radius 2 is 1.88 bits per heavy atom. The third kappa shape index (κ3) is 6.71. The van der Waals surface area contributed by atoms with E-state index in [-0.39, 0.29) is 54.6 Å². The number of carboxylic acid groups (broad SMARTS) is 1. The lowest BCUT2D eigenvalue weighted by Crippen LogP contribution is -2.31. The first-order valence-electron chi connectivity index (χ1n) is 13.1. The molecule has 2 aromatic carbocycles. The van der Waals surface area contributed by atoms with E-state index in [0.717, 1.165) is 11.1 Å². The lowest BCUT2D eigenvalue weighted by atomic mass is 9.83. The Bertz CT molecular complexity index is 1340. The van der Waals surface area contributed by atoms with Crippen LogP contribution in [0.1, 0.15) is 79.1 Å². The number of fused-ring (bicyclic) bond motifs is 1. The Hall–Kier alpha value is -4.13. The molecule has 0 aliphatic carbocycles. The van der Waals surface area contributed by atoms with Crippen molar-refractivity contribution in [1.29, 1.82) is 10.7 Å². The summed E-state index contributed by atoms with van der Waals surface area (Å²) < 4.78 is 31.7. The van der Waals surface area contributed by atoms with Crippen LogP contribution in [0.4, 0.5) is 4.39 Å². The number of aliphatic carboxylic acids is 1. The summed E-state index contributed by atoms with van der Waals surface area (Å²) in [5.41, 5.74) is 2.14. The lowest BCUT2D eigenvalue weighted by molar-refractivity contribution is -0.137. The summed E-state index contributed by atoms with van der Waals surface area (Å²) in [6.45, 7) is 6.33. The minimum atomic E-state index is -0.858. The highest BCUT2D eigenvalue weighted by Crippen LogP contribution is 2.39. The molecule has 1 heterocycles. The highest BCUT2D eigenvalue weighted by Gasteiger charge is 2.33. The number of hydrogen-bond donors (Lipinski definition) is 2. The first kappa shape index (κ1) is 30.4. The van der Waals surface area contributed by atoms with E-state index in [0.29, 0.717) is 42.7 Å². The monoisotopic (exact) mass is 553 g/mol. The first-order chi connectivity index (χ1) is 18.9. The van der Waals surface area contributed by atoms with Crippen molar-refractivity contribution in [3.63, 3.8) is 0 Å². The van der Waals surface area contributed by atoms with Crippen LogP contribution < -0.4 is 14.2 Å². The number of Topliss-reactive ketones (excluding diaryl/α,β-unsaturated/α-hetero) is 1. The van der Waals surface area contributed by atoms with Gasteiger partial charge >= 0.3 is 5.97 Å². The van der Waals surface area contributed by atoms with Gasteiger partial charge in [0.1, 0.15) is 11.6 Å². The van der Waals surface area contributed by atoms with Crippen LogP contribution in [0.2, 0.25) is 0 Å². The first-order valence-corrected chi connectivity index (χ1v) is 13.1. The van der Waals surface area contributed by atoms with Crippen molar-refractivity contribution in [2.45, 2.75) is 64.8 Å². The Balaban J connectivity index is 1.90. The van der Waals surface area contributed by atoms with Crippen LogP contribution in [0, 0.1) is 22.6 Å². The molecule has 0 bridgehead atoms. The molecular weight excluding hydrogens is 517 g/mol. The number of rotatable bonds is 13. The predicted molar refractivity (Wildman–Crippen MR) is 147 cm³/mol. The number of carbonyl (C=O) groups excluding carboxylic acids is 1. The maximum absolute atomic E-state index is 15.2. The topological polar surface area (TPSA) is 133 Å². The molecule has 1 aliphatic heterocycles. The van der Waals surface area contributed by atoms with E-state index in [2.05, 4.69) is 6.07 Å². The molecular formula is C30H36FN3O6. The second-order valence-electron chi connectivity index (χ2n) is 10.7. The molecule has 0 amide bonds. The van der Waals surface area contributed by atoms with Gasteiger partial charge < -0.3 is 24.2 Å². The van der Waals surface area contributed by atoms with E-state index < -0.39 is 17.2 Å². The van der Waals surface area contributed by atoms with E-state index in [1.165, 1.54) is 19.1 Å². The molecule has 2 N–H and O–H groups in total. The van der Waals surface area contributed by atoms with Gasteiger partial charge in [-0.2, -0.15) is 5.26 Å². The molecule has 40 heavy (non-hydrogen) atoms. The zero-order chi connectivity index (χ0) is 29.6. The highest BCUT2D eigenvalue weighted by molar-refractivity contribution is 6.06. The molecule has 9 nitrogen and oxygen atoms in total. The number of aryl methyl sites for hydroxylation is 1. The van der Waals surface area contributed by atoms with Gasteiger partial charge in [0.25, 0.3) is 0 Å². The van der Waals surface area contributed by atoms with Gasteiger partial charge in [-0.05, 0) is 54.0 Å². The van der Waals surface area contributed by atoms with Crippen molar-refractivity contribution in [1.82, 2.24) is 4.90 Å². The number of halogens is 1. The maximum Gasteiger partial charge on any atom is 0.303 e. The molecule has 0 radical (unpaired) electrons. The van der Waals surface area contributed by atoms with Gasteiger partial charge in [0.2, 0.25) is 0 Å². The number of unbranched alkanes of at least 4 members (excludes halogenated alkanes) is 1. The van der Waals surface area contributed by atoms with Crippen LogP contribution in [0.5, 0.6) is 17.2 Å². The quantitative estimate of drug-likeness (QED) is 0.254. The number of hydrogen-bond acceptors (Lipinski definition) is 7. The third-order valence-corrected chi connectivity index (χ3v) is 6.78. The standard InChI is InChI=1S/C30H36FN3O6/c1-30(2,3)21-14-19(13-18(9-8-11-32)27(21)40-12-7-6-10-24(36)37)22(35)17-34-16-20-15-23(38-4)28(39-5)26(31)25(20)29(34)33/h13-15,33H,6-10,12,16-17H2,1-5H3,(H,36,37). The predicted octanol–water partition coefficient (Wildman–Crippen LogP) is 5.25. The zero-order valence-electron chi connectivity index (χ0n) is 23.6. The number of ether oxygens (including phenoxy) is 3. The van der Waals surface area contributed by atoms with Crippen LogP contribution in [-0.2, 0) is 23.2 Å². The van der Waals surface area contributed by atoms with Crippen LogP contribution in [0.15, 0.2) is 18.2 Å². The molecule has 0 saturated carbocycles. The van der Waals surface area contributed by atoms with E-state index in [9.17, 15) is 14.9 Å². The molecule has 0 fully saturated rings. The Morgan fingerprint density at radius 1 is 1.15 bits per heavy atom. The van der Waals surface area contributed by atoms with E-state index in [4.69, 9.17) is 24.7 Å². The lowest BCUT2D eigenvalue weighted by Gasteiger charge is -2.26. The largest absolute Gasteiger partial charge is 0.493 e. The van der Waals surface area contributed by atoms with Crippen LogP contribution >= 0.6 is 0 Å².